The number of fused-ring (bicyclic) bond motifs is 2. The zero-order chi connectivity index (χ0) is 16.6. The number of sulfonamides is 1. The molecule has 0 radical (unpaired) electrons. The molecule has 0 aromatic heterocycles. The first-order valence-corrected chi connectivity index (χ1v) is 9.32. The smallest absolute Gasteiger partial charge is 0.338 e. The molecule has 2 aliphatic rings. The van der Waals surface area contributed by atoms with Crippen molar-refractivity contribution in [2.45, 2.75) is 43.2 Å². The summed E-state index contributed by atoms with van der Waals surface area (Å²) in [6, 6.07) is 4.70. The lowest BCUT2D eigenvalue weighted by Crippen LogP contribution is -2.42. The zero-order valence-corrected chi connectivity index (χ0v) is 15.5. The fraction of sp³-hybridized carbons (Fsp3) is 0.562. The Morgan fingerprint density at radius 1 is 1.25 bits per heavy atom. The monoisotopic (exact) mass is 374 g/mol. The number of carbonyl (C=O) groups excluding carboxylic acids is 1. The molecule has 2 heterocycles. The predicted octanol–water partition coefficient (Wildman–Crippen LogP) is 1.72. The number of ether oxygens (including phenoxy) is 1. The maximum atomic E-state index is 13.1. The van der Waals surface area contributed by atoms with E-state index in [9.17, 15) is 13.2 Å². The fourth-order valence-corrected chi connectivity index (χ4v) is 5.57. The average molecular weight is 375 g/mol. The summed E-state index contributed by atoms with van der Waals surface area (Å²) in [5, 5.41) is 3.31. The number of methoxy groups -OCH3 is 1. The summed E-state index contributed by atoms with van der Waals surface area (Å²) >= 11 is 0. The standard InChI is InChI=1S/C16H22N2O4S.ClH/c1-11-9-14(5-6-15(11)16(19)22-2)23(20,21)18-12-3-4-13(18)10-17-8-7-12;/h5-6,9,12-13,17H,3-4,7-8,10H2,1-2H3;1H. The third kappa shape index (κ3) is 3.31. The van der Waals surface area contributed by atoms with Crippen LogP contribution in [-0.4, -0.2) is 51.0 Å². The van der Waals surface area contributed by atoms with E-state index in [0.717, 1.165) is 25.8 Å². The molecule has 2 aliphatic heterocycles. The predicted molar refractivity (Wildman–Crippen MR) is 93.1 cm³/mol. The molecule has 2 bridgehead atoms. The second-order valence-electron chi connectivity index (χ2n) is 6.18. The second kappa shape index (κ2) is 7.39. The molecule has 0 aliphatic carbocycles. The highest BCUT2D eigenvalue weighted by Gasteiger charge is 2.43. The Morgan fingerprint density at radius 2 is 1.96 bits per heavy atom. The highest BCUT2D eigenvalue weighted by Crippen LogP contribution is 2.34. The molecular formula is C16H23ClN2O4S. The quantitative estimate of drug-likeness (QED) is 0.815. The first-order valence-electron chi connectivity index (χ1n) is 7.88. The molecule has 0 amide bonds. The second-order valence-corrected chi connectivity index (χ2v) is 8.02. The van der Waals surface area contributed by atoms with E-state index >= 15 is 0 Å². The van der Waals surface area contributed by atoms with E-state index in [0.29, 0.717) is 17.7 Å². The molecule has 1 aromatic carbocycles. The highest BCUT2D eigenvalue weighted by molar-refractivity contribution is 7.89. The number of hydrogen-bond acceptors (Lipinski definition) is 5. The van der Waals surface area contributed by atoms with Gasteiger partial charge in [-0.2, -0.15) is 4.31 Å². The third-order valence-corrected chi connectivity index (χ3v) is 6.77. The van der Waals surface area contributed by atoms with Crippen LogP contribution in [0.2, 0.25) is 0 Å². The molecule has 1 N–H and O–H groups in total. The highest BCUT2D eigenvalue weighted by atomic mass is 35.5. The number of benzene rings is 1. The summed E-state index contributed by atoms with van der Waals surface area (Å²) in [4.78, 5) is 11.9. The van der Waals surface area contributed by atoms with E-state index < -0.39 is 16.0 Å². The minimum Gasteiger partial charge on any atom is -0.465 e. The minimum atomic E-state index is -3.55. The topological polar surface area (TPSA) is 75.7 Å². The number of carbonyl (C=O) groups is 1. The van der Waals surface area contributed by atoms with Crippen molar-refractivity contribution < 1.29 is 17.9 Å². The Labute approximate surface area is 149 Å². The first kappa shape index (κ1) is 19.2. The van der Waals surface area contributed by atoms with Gasteiger partial charge in [0.15, 0.2) is 0 Å². The molecule has 0 saturated carbocycles. The largest absolute Gasteiger partial charge is 0.465 e. The molecule has 24 heavy (non-hydrogen) atoms. The molecule has 6 nitrogen and oxygen atoms in total. The Balaban J connectivity index is 0.00000208. The molecule has 3 rings (SSSR count). The van der Waals surface area contributed by atoms with Crippen LogP contribution in [0.1, 0.15) is 35.2 Å². The Bertz CT molecular complexity index is 709. The molecule has 2 saturated heterocycles. The van der Waals surface area contributed by atoms with E-state index in [1.165, 1.54) is 19.2 Å². The van der Waals surface area contributed by atoms with Crippen LogP contribution in [0.4, 0.5) is 0 Å². The van der Waals surface area contributed by atoms with Gasteiger partial charge in [-0.15, -0.1) is 12.4 Å². The van der Waals surface area contributed by atoms with Crippen LogP contribution in [0.5, 0.6) is 0 Å². The van der Waals surface area contributed by atoms with E-state index in [1.807, 2.05) is 0 Å². The Hall–Kier alpha value is -1.15. The van der Waals surface area contributed by atoms with Crippen molar-refractivity contribution in [1.29, 1.82) is 0 Å². The number of nitrogens with zero attached hydrogens (tertiary/aromatic N) is 1. The average Bonchev–Trinajstić information content (AvgIpc) is 2.80. The van der Waals surface area contributed by atoms with E-state index in [2.05, 4.69) is 5.32 Å². The van der Waals surface area contributed by atoms with Crippen LogP contribution in [0.15, 0.2) is 23.1 Å². The van der Waals surface area contributed by atoms with Crippen molar-refractivity contribution in [3.63, 3.8) is 0 Å². The molecule has 2 unspecified atom stereocenters. The van der Waals surface area contributed by atoms with Gasteiger partial charge < -0.3 is 10.1 Å². The van der Waals surface area contributed by atoms with Crippen molar-refractivity contribution >= 4 is 28.4 Å². The van der Waals surface area contributed by atoms with Gasteiger partial charge in [0.2, 0.25) is 10.0 Å². The van der Waals surface area contributed by atoms with Crippen molar-refractivity contribution in [2.24, 2.45) is 0 Å². The molecule has 2 fully saturated rings. The molecule has 0 spiro atoms. The van der Waals surface area contributed by atoms with Crippen molar-refractivity contribution in [3.05, 3.63) is 29.3 Å². The lowest BCUT2D eigenvalue weighted by Gasteiger charge is -2.27. The lowest BCUT2D eigenvalue weighted by molar-refractivity contribution is 0.0599. The van der Waals surface area contributed by atoms with Gasteiger partial charge in [0.05, 0.1) is 17.6 Å². The van der Waals surface area contributed by atoms with Gasteiger partial charge in [-0.25, -0.2) is 13.2 Å². The maximum Gasteiger partial charge on any atom is 0.338 e. The van der Waals surface area contributed by atoms with Crippen LogP contribution in [0.3, 0.4) is 0 Å². The normalized spacial score (nSPS) is 24.1. The molecular weight excluding hydrogens is 352 g/mol. The number of nitrogens with one attached hydrogen (secondary N) is 1. The summed E-state index contributed by atoms with van der Waals surface area (Å²) in [5.74, 6) is -0.453. The first-order chi connectivity index (χ1) is 10.9. The van der Waals surface area contributed by atoms with Crippen LogP contribution in [0.25, 0.3) is 0 Å². The van der Waals surface area contributed by atoms with Gasteiger partial charge in [-0.05, 0) is 56.5 Å². The summed E-state index contributed by atoms with van der Waals surface area (Å²) in [6.07, 6.45) is 2.66. The van der Waals surface area contributed by atoms with Gasteiger partial charge in [0.1, 0.15) is 0 Å². The number of aryl methyl sites for hydroxylation is 1. The van der Waals surface area contributed by atoms with Crippen molar-refractivity contribution in [2.75, 3.05) is 20.2 Å². The maximum absolute atomic E-state index is 13.1. The van der Waals surface area contributed by atoms with Crippen molar-refractivity contribution in [1.82, 2.24) is 9.62 Å². The van der Waals surface area contributed by atoms with Crippen LogP contribution < -0.4 is 5.32 Å². The summed E-state index contributed by atoms with van der Waals surface area (Å²) in [6.45, 7) is 3.28. The molecule has 8 heteroatoms. The summed E-state index contributed by atoms with van der Waals surface area (Å²) in [5.41, 5.74) is 1.00. The van der Waals surface area contributed by atoms with Crippen LogP contribution in [-0.2, 0) is 14.8 Å². The number of halogens is 1. The van der Waals surface area contributed by atoms with Gasteiger partial charge in [0, 0.05) is 18.6 Å². The fourth-order valence-electron chi connectivity index (χ4n) is 3.59. The molecule has 134 valence electrons. The zero-order valence-electron chi connectivity index (χ0n) is 13.8. The van der Waals surface area contributed by atoms with E-state index in [4.69, 9.17) is 4.74 Å². The SMILES string of the molecule is COC(=O)c1ccc(S(=O)(=O)N2C3CCNCC2CC3)cc1C.Cl. The van der Waals surface area contributed by atoms with E-state index in [1.54, 1.807) is 17.3 Å². The molecule has 1 aromatic rings. The molecule has 2 atom stereocenters. The summed E-state index contributed by atoms with van der Waals surface area (Å²) in [7, 11) is -2.24. The van der Waals surface area contributed by atoms with Gasteiger partial charge >= 0.3 is 5.97 Å². The summed E-state index contributed by atoms with van der Waals surface area (Å²) < 4.78 is 32.6. The van der Waals surface area contributed by atoms with Crippen LogP contribution >= 0.6 is 12.4 Å². The minimum absolute atomic E-state index is 0. The van der Waals surface area contributed by atoms with Crippen molar-refractivity contribution in [3.8, 4) is 0 Å². The van der Waals surface area contributed by atoms with Gasteiger partial charge in [-0.3, -0.25) is 0 Å². The number of hydrogen-bond donors (Lipinski definition) is 1. The Kier molecular flexibility index (Phi) is 5.91. The third-order valence-electron chi connectivity index (χ3n) is 4.77. The number of esters is 1. The van der Waals surface area contributed by atoms with Gasteiger partial charge in [0.25, 0.3) is 0 Å². The lowest BCUT2D eigenvalue weighted by atomic mass is 10.1. The number of rotatable bonds is 3. The van der Waals surface area contributed by atoms with Crippen LogP contribution in [0, 0.1) is 6.92 Å². The Morgan fingerprint density at radius 3 is 2.62 bits per heavy atom. The van der Waals surface area contributed by atoms with Gasteiger partial charge in [-0.1, -0.05) is 0 Å². The van der Waals surface area contributed by atoms with E-state index in [-0.39, 0.29) is 29.4 Å².